The van der Waals surface area contributed by atoms with E-state index in [1.54, 1.807) is 11.3 Å². The van der Waals surface area contributed by atoms with Gasteiger partial charge in [-0.15, -0.1) is 11.3 Å². The van der Waals surface area contributed by atoms with Gasteiger partial charge in [-0.1, -0.05) is 13.8 Å². The minimum atomic E-state index is -0.668. The molecule has 1 heterocycles. The smallest absolute Gasteiger partial charge is 0.0982 e. The molecule has 0 aromatic carbocycles. The standard InChI is InChI=1S/C10H16OS/c1-7(2)10(4,11)9-6-5-8(3)12-9/h5-7,11H,1-4H3/t10-/m0/s1. The quantitative estimate of drug-likeness (QED) is 0.749. The van der Waals surface area contributed by atoms with Crippen LogP contribution in [0.1, 0.15) is 30.5 Å². The Morgan fingerprint density at radius 3 is 2.33 bits per heavy atom. The predicted octanol–water partition coefficient (Wildman–Crippen LogP) is 2.92. The number of rotatable bonds is 2. The van der Waals surface area contributed by atoms with Crippen molar-refractivity contribution < 1.29 is 5.11 Å². The van der Waals surface area contributed by atoms with Gasteiger partial charge < -0.3 is 5.11 Å². The molecule has 0 amide bonds. The maximum absolute atomic E-state index is 10.1. The van der Waals surface area contributed by atoms with Gasteiger partial charge in [-0.2, -0.15) is 0 Å². The van der Waals surface area contributed by atoms with Crippen LogP contribution in [0.4, 0.5) is 0 Å². The molecule has 0 aliphatic rings. The number of aliphatic hydroxyl groups is 1. The van der Waals surface area contributed by atoms with Crippen molar-refractivity contribution in [2.45, 2.75) is 33.3 Å². The van der Waals surface area contributed by atoms with Gasteiger partial charge in [0, 0.05) is 9.75 Å². The third kappa shape index (κ3) is 1.70. The van der Waals surface area contributed by atoms with E-state index in [0.29, 0.717) is 0 Å². The van der Waals surface area contributed by atoms with Gasteiger partial charge in [0.25, 0.3) is 0 Å². The Morgan fingerprint density at radius 1 is 1.42 bits per heavy atom. The molecule has 0 bridgehead atoms. The van der Waals surface area contributed by atoms with Crippen molar-refractivity contribution in [3.63, 3.8) is 0 Å². The van der Waals surface area contributed by atoms with E-state index in [2.05, 4.69) is 13.0 Å². The largest absolute Gasteiger partial charge is 0.384 e. The number of hydrogen-bond donors (Lipinski definition) is 1. The van der Waals surface area contributed by atoms with Gasteiger partial charge >= 0.3 is 0 Å². The van der Waals surface area contributed by atoms with E-state index in [1.165, 1.54) is 4.88 Å². The van der Waals surface area contributed by atoms with Gasteiger partial charge in [0.2, 0.25) is 0 Å². The Labute approximate surface area is 78.1 Å². The summed E-state index contributed by atoms with van der Waals surface area (Å²) in [6.07, 6.45) is 0. The number of hydrogen-bond acceptors (Lipinski definition) is 2. The second kappa shape index (κ2) is 3.19. The average molecular weight is 184 g/mol. The molecule has 0 fully saturated rings. The highest BCUT2D eigenvalue weighted by Gasteiger charge is 2.28. The topological polar surface area (TPSA) is 20.2 Å². The molecule has 12 heavy (non-hydrogen) atoms. The maximum Gasteiger partial charge on any atom is 0.0982 e. The third-order valence-electron chi connectivity index (χ3n) is 2.36. The van der Waals surface area contributed by atoms with Crippen molar-refractivity contribution in [2.75, 3.05) is 0 Å². The molecule has 1 aromatic rings. The molecule has 1 rings (SSSR count). The monoisotopic (exact) mass is 184 g/mol. The fourth-order valence-corrected chi connectivity index (χ4v) is 2.05. The average Bonchev–Trinajstić information content (AvgIpc) is 2.35. The fourth-order valence-electron chi connectivity index (χ4n) is 0.991. The van der Waals surface area contributed by atoms with Crippen LogP contribution in [0.3, 0.4) is 0 Å². The Hall–Kier alpha value is -0.340. The summed E-state index contributed by atoms with van der Waals surface area (Å²) in [5.74, 6) is 0.260. The van der Waals surface area contributed by atoms with Crippen molar-refractivity contribution in [3.05, 3.63) is 21.9 Å². The van der Waals surface area contributed by atoms with E-state index in [-0.39, 0.29) is 5.92 Å². The summed E-state index contributed by atoms with van der Waals surface area (Å²) < 4.78 is 0. The normalized spacial score (nSPS) is 16.5. The van der Waals surface area contributed by atoms with Gasteiger partial charge in [-0.25, -0.2) is 0 Å². The van der Waals surface area contributed by atoms with Crippen LogP contribution in [0.15, 0.2) is 12.1 Å². The van der Waals surface area contributed by atoms with Crippen molar-refractivity contribution >= 4 is 11.3 Å². The van der Waals surface area contributed by atoms with Crippen molar-refractivity contribution in [3.8, 4) is 0 Å². The fraction of sp³-hybridized carbons (Fsp3) is 0.600. The lowest BCUT2D eigenvalue weighted by Gasteiger charge is -2.26. The first-order valence-corrected chi connectivity index (χ1v) is 5.05. The third-order valence-corrected chi connectivity index (χ3v) is 3.59. The predicted molar refractivity (Wildman–Crippen MR) is 53.5 cm³/mol. The van der Waals surface area contributed by atoms with Gasteiger partial charge in [-0.05, 0) is 31.9 Å². The minimum Gasteiger partial charge on any atom is -0.384 e. The summed E-state index contributed by atoms with van der Waals surface area (Å²) >= 11 is 1.67. The Kier molecular flexibility index (Phi) is 2.59. The first-order chi connectivity index (χ1) is 5.44. The number of aryl methyl sites for hydroxylation is 1. The lowest BCUT2D eigenvalue weighted by Crippen LogP contribution is -2.26. The molecule has 0 saturated carbocycles. The van der Waals surface area contributed by atoms with E-state index >= 15 is 0 Å². The lowest BCUT2D eigenvalue weighted by molar-refractivity contribution is 0.0126. The maximum atomic E-state index is 10.1. The van der Waals surface area contributed by atoms with E-state index < -0.39 is 5.60 Å². The summed E-state index contributed by atoms with van der Waals surface area (Å²) in [6.45, 7) is 8.01. The zero-order valence-corrected chi connectivity index (χ0v) is 8.90. The Morgan fingerprint density at radius 2 is 2.00 bits per heavy atom. The highest BCUT2D eigenvalue weighted by Crippen LogP contribution is 2.33. The van der Waals surface area contributed by atoms with Crippen LogP contribution < -0.4 is 0 Å². The Bertz CT molecular complexity index is 261. The molecule has 0 spiro atoms. The van der Waals surface area contributed by atoms with E-state index in [0.717, 1.165) is 4.88 Å². The molecule has 68 valence electrons. The molecule has 0 saturated heterocycles. The molecule has 1 atom stereocenters. The van der Waals surface area contributed by atoms with Gasteiger partial charge in [-0.3, -0.25) is 0 Å². The van der Waals surface area contributed by atoms with Gasteiger partial charge in [0.05, 0.1) is 5.60 Å². The molecule has 1 nitrogen and oxygen atoms in total. The summed E-state index contributed by atoms with van der Waals surface area (Å²) in [4.78, 5) is 2.32. The Balaban J connectivity index is 2.97. The summed E-state index contributed by atoms with van der Waals surface area (Å²) in [7, 11) is 0. The van der Waals surface area contributed by atoms with Crippen LogP contribution in [0.25, 0.3) is 0 Å². The van der Waals surface area contributed by atoms with E-state index in [4.69, 9.17) is 0 Å². The summed E-state index contributed by atoms with van der Waals surface area (Å²) in [6, 6.07) is 4.07. The summed E-state index contributed by atoms with van der Waals surface area (Å²) in [5.41, 5.74) is -0.668. The molecular formula is C10H16OS. The van der Waals surface area contributed by atoms with Crippen LogP contribution in [0, 0.1) is 12.8 Å². The van der Waals surface area contributed by atoms with E-state index in [1.807, 2.05) is 26.8 Å². The van der Waals surface area contributed by atoms with Crippen LogP contribution in [-0.2, 0) is 5.60 Å². The highest BCUT2D eigenvalue weighted by molar-refractivity contribution is 7.12. The van der Waals surface area contributed by atoms with Crippen LogP contribution in [-0.4, -0.2) is 5.11 Å². The first kappa shape index (κ1) is 9.75. The molecule has 2 heteroatoms. The highest BCUT2D eigenvalue weighted by atomic mass is 32.1. The van der Waals surface area contributed by atoms with Crippen LogP contribution in [0.5, 0.6) is 0 Å². The molecule has 0 aliphatic carbocycles. The molecule has 1 aromatic heterocycles. The molecule has 0 radical (unpaired) electrons. The lowest BCUT2D eigenvalue weighted by atomic mass is 9.91. The van der Waals surface area contributed by atoms with E-state index in [9.17, 15) is 5.11 Å². The van der Waals surface area contributed by atoms with Crippen molar-refractivity contribution in [1.29, 1.82) is 0 Å². The molecule has 1 N–H and O–H groups in total. The number of thiophene rings is 1. The zero-order valence-electron chi connectivity index (χ0n) is 8.09. The minimum absolute atomic E-state index is 0.260. The molecular weight excluding hydrogens is 168 g/mol. The first-order valence-electron chi connectivity index (χ1n) is 4.24. The molecule has 0 aliphatic heterocycles. The van der Waals surface area contributed by atoms with Crippen molar-refractivity contribution in [2.24, 2.45) is 5.92 Å². The second-order valence-electron chi connectivity index (χ2n) is 3.71. The summed E-state index contributed by atoms with van der Waals surface area (Å²) in [5, 5.41) is 10.1. The second-order valence-corrected chi connectivity index (χ2v) is 5.00. The SMILES string of the molecule is Cc1ccc([C@@](C)(O)C(C)C)s1. The van der Waals surface area contributed by atoms with Crippen LogP contribution >= 0.6 is 11.3 Å². The van der Waals surface area contributed by atoms with Gasteiger partial charge in [0.1, 0.15) is 0 Å². The van der Waals surface area contributed by atoms with Gasteiger partial charge in [0.15, 0.2) is 0 Å². The van der Waals surface area contributed by atoms with Crippen molar-refractivity contribution in [1.82, 2.24) is 0 Å². The molecule has 0 unspecified atom stereocenters. The van der Waals surface area contributed by atoms with Crippen LogP contribution in [0.2, 0.25) is 0 Å². The zero-order chi connectivity index (χ0) is 9.35.